The third kappa shape index (κ3) is 6.74. The van der Waals surface area contributed by atoms with Gasteiger partial charge in [-0.2, -0.15) is 37.2 Å². The highest BCUT2D eigenvalue weighted by atomic mass is 79.9. The Morgan fingerprint density at radius 2 is 1.82 bits per heavy atom. The number of hydrogen-bond donors (Lipinski definition) is 1. The topological polar surface area (TPSA) is 116 Å². The number of hydrogen-bond acceptors (Lipinski definition) is 6. The summed E-state index contributed by atoms with van der Waals surface area (Å²) in [7, 11) is 1.84. The SMILES string of the molecule is Cn1cc2cc(-c3ccc([C@H]4C[C@@]45CCN([C@H](Cc4cnn(C(F)F)c4)C(=O)NC(C)(C)Cn4nc(C(F)(F)F)cc4Br)C5=O)cc3)cnc2n1. The van der Waals surface area contributed by atoms with Crippen LogP contribution in [0.4, 0.5) is 22.0 Å². The molecule has 1 spiro atoms. The summed E-state index contributed by atoms with van der Waals surface area (Å²) >= 11 is 3.11. The Bertz CT molecular complexity index is 2120. The van der Waals surface area contributed by atoms with Crippen molar-refractivity contribution >= 4 is 38.8 Å². The number of aromatic nitrogens is 7. The molecule has 1 aliphatic carbocycles. The highest BCUT2D eigenvalue weighted by Gasteiger charge is 2.65. The number of rotatable bonds is 10. The van der Waals surface area contributed by atoms with Crippen LogP contribution < -0.4 is 5.32 Å². The van der Waals surface area contributed by atoms with Crippen LogP contribution in [0, 0.1) is 5.41 Å². The van der Waals surface area contributed by atoms with E-state index in [2.05, 4.69) is 41.5 Å². The van der Waals surface area contributed by atoms with Crippen molar-refractivity contribution in [3.8, 4) is 11.1 Å². The Balaban J connectivity index is 1.09. The minimum absolute atomic E-state index is 0.0651. The first kappa shape index (κ1) is 34.8. The molecule has 1 saturated heterocycles. The molecule has 2 amide bonds. The van der Waals surface area contributed by atoms with Crippen molar-refractivity contribution in [1.82, 2.24) is 44.5 Å². The van der Waals surface area contributed by atoms with E-state index in [1.54, 1.807) is 24.7 Å². The first-order valence-electron chi connectivity index (χ1n) is 16.2. The molecule has 1 aromatic carbocycles. The number of pyridine rings is 1. The van der Waals surface area contributed by atoms with E-state index in [0.29, 0.717) is 28.7 Å². The lowest BCUT2D eigenvalue weighted by molar-refractivity contribution is -0.141. The number of likely N-dealkylation sites (tertiary alicyclic amines) is 1. The zero-order valence-electron chi connectivity index (χ0n) is 27.7. The molecular formula is C34H33BrF5N9O2. The lowest BCUT2D eigenvalue weighted by atomic mass is 9.95. The molecule has 17 heteroatoms. The smallest absolute Gasteiger partial charge is 0.348 e. The van der Waals surface area contributed by atoms with Crippen LogP contribution in [-0.2, 0) is 35.8 Å². The summed E-state index contributed by atoms with van der Waals surface area (Å²) in [5, 5.41) is 15.4. The Morgan fingerprint density at radius 1 is 1.08 bits per heavy atom. The van der Waals surface area contributed by atoms with E-state index >= 15 is 0 Å². The Hall–Kier alpha value is -4.67. The van der Waals surface area contributed by atoms with Gasteiger partial charge in [-0.05, 0) is 71.3 Å². The second-order valence-electron chi connectivity index (χ2n) is 13.9. The minimum atomic E-state index is -4.66. The number of aryl methyl sites for hydroxylation is 1. The molecule has 5 heterocycles. The molecule has 3 atom stereocenters. The van der Waals surface area contributed by atoms with Gasteiger partial charge in [-0.25, -0.2) is 9.67 Å². The van der Waals surface area contributed by atoms with E-state index in [0.717, 1.165) is 39.0 Å². The molecule has 2 fully saturated rings. The molecule has 0 radical (unpaired) electrons. The molecule has 4 aromatic heterocycles. The summed E-state index contributed by atoms with van der Waals surface area (Å²) in [6.45, 7) is 0.496. The van der Waals surface area contributed by atoms with Crippen molar-refractivity contribution < 1.29 is 31.5 Å². The lowest BCUT2D eigenvalue weighted by Crippen LogP contribution is -2.56. The quantitative estimate of drug-likeness (QED) is 0.171. The average Bonchev–Trinajstić information content (AvgIpc) is 3.42. The fraction of sp³-hybridized carbons (Fsp3) is 0.412. The second kappa shape index (κ2) is 12.5. The van der Waals surface area contributed by atoms with E-state index in [1.807, 2.05) is 43.6 Å². The van der Waals surface area contributed by atoms with Gasteiger partial charge in [0, 0.05) is 55.6 Å². The average molecular weight is 775 g/mol. The summed E-state index contributed by atoms with van der Waals surface area (Å²) in [5.74, 6) is -0.841. The number of amides is 2. The van der Waals surface area contributed by atoms with Gasteiger partial charge in [0.25, 0.3) is 0 Å². The third-order valence-electron chi connectivity index (χ3n) is 9.67. The zero-order chi connectivity index (χ0) is 36.5. The molecule has 0 bridgehead atoms. The molecule has 1 aliphatic heterocycles. The molecule has 7 rings (SSSR count). The van der Waals surface area contributed by atoms with Gasteiger partial charge in [0.2, 0.25) is 11.8 Å². The van der Waals surface area contributed by atoms with Crippen LogP contribution in [0.5, 0.6) is 0 Å². The summed E-state index contributed by atoms with van der Waals surface area (Å²) in [5.41, 5.74) is 0.964. The van der Waals surface area contributed by atoms with E-state index < -0.39 is 41.3 Å². The molecule has 5 aromatic rings. The van der Waals surface area contributed by atoms with Gasteiger partial charge >= 0.3 is 12.7 Å². The number of nitrogens with one attached hydrogen (secondary N) is 1. The van der Waals surface area contributed by atoms with Crippen molar-refractivity contribution in [3.63, 3.8) is 0 Å². The largest absolute Gasteiger partial charge is 0.435 e. The lowest BCUT2D eigenvalue weighted by Gasteiger charge is -2.33. The van der Waals surface area contributed by atoms with Crippen molar-refractivity contribution in [2.24, 2.45) is 12.5 Å². The van der Waals surface area contributed by atoms with Gasteiger partial charge in [-0.3, -0.25) is 19.0 Å². The van der Waals surface area contributed by atoms with E-state index in [-0.39, 0.29) is 35.9 Å². The number of carbonyl (C=O) groups excluding carboxylic acids is 2. The standard InChI is InChI=1S/C34H33BrF5N9O2/c1-32(2,18-49-27(35)12-26(44-49)34(38,39)40)43-29(50)25(10-19-14-42-48(16-19)31(36)37)47-9-8-33(30(47)51)13-24(33)21-6-4-20(5-7-21)22-11-23-17-46(3)45-28(23)41-15-22/h4-7,11-12,14-17,24-25,31H,8-10,13,18H2,1-3H3,(H,43,50)/t24-,25-,33+/m1/s1. The summed E-state index contributed by atoms with van der Waals surface area (Å²) in [6, 6.07) is 9.77. The van der Waals surface area contributed by atoms with Crippen LogP contribution in [-0.4, -0.2) is 69.2 Å². The van der Waals surface area contributed by atoms with Gasteiger partial charge in [0.15, 0.2) is 11.3 Å². The zero-order valence-corrected chi connectivity index (χ0v) is 29.3. The maximum absolute atomic E-state index is 14.2. The predicted octanol–water partition coefficient (Wildman–Crippen LogP) is 6.12. The van der Waals surface area contributed by atoms with Crippen molar-refractivity contribution in [2.75, 3.05) is 6.54 Å². The fourth-order valence-electron chi connectivity index (χ4n) is 7.10. The van der Waals surface area contributed by atoms with Crippen molar-refractivity contribution in [2.45, 2.75) is 69.9 Å². The van der Waals surface area contributed by atoms with Crippen LogP contribution >= 0.6 is 15.9 Å². The molecule has 268 valence electrons. The van der Waals surface area contributed by atoms with Gasteiger partial charge in [-0.15, -0.1) is 0 Å². The molecular weight excluding hydrogens is 741 g/mol. The maximum atomic E-state index is 14.2. The first-order chi connectivity index (χ1) is 24.0. The Labute approximate surface area is 296 Å². The van der Waals surface area contributed by atoms with Crippen molar-refractivity contribution in [1.29, 1.82) is 0 Å². The van der Waals surface area contributed by atoms with Gasteiger partial charge in [0.05, 0.1) is 23.7 Å². The summed E-state index contributed by atoms with van der Waals surface area (Å²) in [6.07, 6.45) is 2.40. The highest BCUT2D eigenvalue weighted by molar-refractivity contribution is 9.10. The van der Waals surface area contributed by atoms with Gasteiger partial charge in [-0.1, -0.05) is 24.3 Å². The van der Waals surface area contributed by atoms with Crippen LogP contribution in [0.15, 0.2) is 65.8 Å². The first-order valence-corrected chi connectivity index (χ1v) is 17.0. The van der Waals surface area contributed by atoms with Gasteiger partial charge in [0.1, 0.15) is 10.6 Å². The van der Waals surface area contributed by atoms with Crippen LogP contribution in [0.1, 0.15) is 56.0 Å². The molecule has 11 nitrogen and oxygen atoms in total. The van der Waals surface area contributed by atoms with Crippen molar-refractivity contribution in [3.05, 3.63) is 82.6 Å². The molecule has 0 unspecified atom stereocenters. The summed E-state index contributed by atoms with van der Waals surface area (Å²) < 4.78 is 69.9. The molecule has 1 saturated carbocycles. The van der Waals surface area contributed by atoms with E-state index in [1.165, 1.54) is 11.1 Å². The van der Waals surface area contributed by atoms with Crippen LogP contribution in [0.2, 0.25) is 0 Å². The van der Waals surface area contributed by atoms with E-state index in [4.69, 9.17) is 0 Å². The Kier molecular flexibility index (Phi) is 8.54. The number of nitrogens with zero attached hydrogens (tertiary/aromatic N) is 8. The second-order valence-corrected chi connectivity index (χ2v) is 14.7. The number of carbonyl (C=O) groups is 2. The minimum Gasteiger partial charge on any atom is -0.348 e. The molecule has 1 N–H and O–H groups in total. The monoisotopic (exact) mass is 773 g/mol. The number of fused-ring (bicyclic) bond motifs is 1. The van der Waals surface area contributed by atoms with Gasteiger partial charge < -0.3 is 10.2 Å². The molecule has 2 aliphatic rings. The van der Waals surface area contributed by atoms with E-state index in [9.17, 15) is 31.5 Å². The number of alkyl halides is 5. The predicted molar refractivity (Wildman–Crippen MR) is 178 cm³/mol. The summed E-state index contributed by atoms with van der Waals surface area (Å²) in [4.78, 5) is 34.1. The van der Waals surface area contributed by atoms with Crippen LogP contribution in [0.3, 0.4) is 0 Å². The Morgan fingerprint density at radius 3 is 2.49 bits per heavy atom. The normalized spacial score (nSPS) is 19.8. The highest BCUT2D eigenvalue weighted by Crippen LogP contribution is 2.65. The molecule has 51 heavy (non-hydrogen) atoms. The third-order valence-corrected chi connectivity index (χ3v) is 10.3. The fourth-order valence-corrected chi connectivity index (χ4v) is 7.52. The number of halogens is 6. The number of benzene rings is 1. The maximum Gasteiger partial charge on any atom is 0.435 e. The van der Waals surface area contributed by atoms with Crippen LogP contribution in [0.25, 0.3) is 22.2 Å².